The summed E-state index contributed by atoms with van der Waals surface area (Å²) in [6, 6.07) is 0. The normalized spacial score (nSPS) is 12.8. The van der Waals surface area contributed by atoms with Gasteiger partial charge in [-0.3, -0.25) is 4.79 Å². The summed E-state index contributed by atoms with van der Waals surface area (Å²) >= 11 is 0. The Bertz CT molecular complexity index is 347. The van der Waals surface area contributed by atoms with Crippen LogP contribution in [0.25, 0.3) is 0 Å². The number of methoxy groups -OCH3 is 1. The van der Waals surface area contributed by atoms with E-state index in [9.17, 15) is 4.79 Å². The van der Waals surface area contributed by atoms with Gasteiger partial charge < -0.3 is 4.74 Å². The minimum absolute atomic E-state index is 0.168. The van der Waals surface area contributed by atoms with Crippen molar-refractivity contribution in [2.24, 2.45) is 5.92 Å². The summed E-state index contributed by atoms with van der Waals surface area (Å²) in [6.07, 6.45) is 2.61. The van der Waals surface area contributed by atoms with Crippen LogP contribution in [0.2, 0.25) is 0 Å². The summed E-state index contributed by atoms with van der Waals surface area (Å²) in [4.78, 5) is 11.7. The molecule has 0 N–H and O–H groups in total. The number of hydrogen-bond donors (Lipinski definition) is 0. The monoisotopic (exact) mass is 225 g/mol. The maximum absolute atomic E-state index is 11.7. The minimum Gasteiger partial charge on any atom is -0.468 e. The first-order valence-electron chi connectivity index (χ1n) is 5.58. The molecule has 0 aliphatic rings. The third kappa shape index (κ3) is 2.59. The van der Waals surface area contributed by atoms with Crippen molar-refractivity contribution in [3.8, 4) is 0 Å². The second-order valence-corrected chi connectivity index (χ2v) is 4.13. The highest BCUT2D eigenvalue weighted by molar-refractivity contribution is 5.77. The van der Waals surface area contributed by atoms with E-state index in [0.29, 0.717) is 0 Å². The van der Waals surface area contributed by atoms with E-state index in [4.69, 9.17) is 4.74 Å². The van der Waals surface area contributed by atoms with Gasteiger partial charge in [-0.1, -0.05) is 26.0 Å². The lowest BCUT2D eigenvalue weighted by atomic mass is 9.93. The fourth-order valence-corrected chi connectivity index (χ4v) is 1.75. The minimum atomic E-state index is -0.286. The van der Waals surface area contributed by atoms with Gasteiger partial charge in [0.25, 0.3) is 0 Å². The van der Waals surface area contributed by atoms with E-state index in [2.05, 4.69) is 17.2 Å². The second-order valence-electron chi connectivity index (χ2n) is 4.13. The first-order valence-corrected chi connectivity index (χ1v) is 5.58. The maximum Gasteiger partial charge on any atom is 0.315 e. The van der Waals surface area contributed by atoms with Gasteiger partial charge in [-0.15, -0.1) is 5.10 Å². The van der Waals surface area contributed by atoms with Crippen LogP contribution in [0.1, 0.15) is 38.8 Å². The Balaban J connectivity index is 3.01. The lowest BCUT2D eigenvalue weighted by Crippen LogP contribution is -2.23. The Hall–Kier alpha value is -1.39. The van der Waals surface area contributed by atoms with Crippen molar-refractivity contribution in [2.75, 3.05) is 7.11 Å². The predicted molar refractivity (Wildman–Crippen MR) is 59.9 cm³/mol. The summed E-state index contributed by atoms with van der Waals surface area (Å²) in [7, 11) is 1.41. The molecule has 1 aromatic heterocycles. The molecule has 0 aromatic carbocycles. The highest BCUT2D eigenvalue weighted by Crippen LogP contribution is 2.25. The van der Waals surface area contributed by atoms with E-state index in [1.165, 1.54) is 7.11 Å². The highest BCUT2D eigenvalue weighted by Gasteiger charge is 2.28. The molecule has 16 heavy (non-hydrogen) atoms. The third-order valence-electron chi connectivity index (χ3n) is 2.52. The van der Waals surface area contributed by atoms with Gasteiger partial charge in [0.2, 0.25) is 0 Å². The van der Waals surface area contributed by atoms with Crippen LogP contribution in [0, 0.1) is 5.92 Å². The van der Waals surface area contributed by atoms with Crippen LogP contribution in [0.3, 0.4) is 0 Å². The summed E-state index contributed by atoms with van der Waals surface area (Å²) in [5.41, 5.74) is 0.837. The first kappa shape index (κ1) is 12.7. The number of rotatable bonds is 5. The lowest BCUT2D eigenvalue weighted by Gasteiger charge is -2.18. The molecule has 0 spiro atoms. The number of carbonyl (C=O) groups excluding carboxylic acids is 1. The van der Waals surface area contributed by atoms with E-state index in [1.807, 2.05) is 13.8 Å². The van der Waals surface area contributed by atoms with Crippen molar-refractivity contribution >= 4 is 5.97 Å². The number of ether oxygens (including phenoxy) is 1. The Morgan fingerprint density at radius 1 is 1.56 bits per heavy atom. The lowest BCUT2D eigenvalue weighted by molar-refractivity contribution is -0.143. The zero-order chi connectivity index (χ0) is 12.1. The van der Waals surface area contributed by atoms with Gasteiger partial charge in [-0.2, -0.15) is 0 Å². The average Bonchev–Trinajstić information content (AvgIpc) is 2.66. The van der Waals surface area contributed by atoms with Crippen LogP contribution in [-0.2, 0) is 16.1 Å². The van der Waals surface area contributed by atoms with Gasteiger partial charge >= 0.3 is 5.97 Å². The highest BCUT2D eigenvalue weighted by atomic mass is 16.5. The van der Waals surface area contributed by atoms with Crippen LogP contribution >= 0.6 is 0 Å². The molecule has 0 aliphatic heterocycles. The molecule has 5 nitrogen and oxygen atoms in total. The molecule has 90 valence electrons. The van der Waals surface area contributed by atoms with Crippen molar-refractivity contribution in [1.29, 1.82) is 0 Å². The van der Waals surface area contributed by atoms with Crippen LogP contribution in [0.4, 0.5) is 0 Å². The van der Waals surface area contributed by atoms with Gasteiger partial charge in [0, 0.05) is 6.54 Å². The van der Waals surface area contributed by atoms with E-state index in [1.54, 1.807) is 10.9 Å². The van der Waals surface area contributed by atoms with E-state index >= 15 is 0 Å². The number of carbonyl (C=O) groups is 1. The first-order chi connectivity index (χ1) is 7.61. The molecule has 1 aromatic rings. The Labute approximate surface area is 95.8 Å². The van der Waals surface area contributed by atoms with Crippen LogP contribution in [-0.4, -0.2) is 28.1 Å². The molecule has 5 heteroatoms. The number of hydrogen-bond acceptors (Lipinski definition) is 4. The molecule has 1 heterocycles. The molecule has 0 saturated heterocycles. The number of esters is 1. The zero-order valence-electron chi connectivity index (χ0n) is 10.3. The molecule has 1 unspecified atom stereocenters. The molecule has 1 atom stereocenters. The SMILES string of the molecule is CCCn1nncc1C(C(=O)OC)C(C)C. The largest absolute Gasteiger partial charge is 0.468 e. The number of aryl methyl sites for hydroxylation is 1. The summed E-state index contributed by atoms with van der Waals surface area (Å²) in [5, 5.41) is 7.85. The van der Waals surface area contributed by atoms with Crippen molar-refractivity contribution < 1.29 is 9.53 Å². The van der Waals surface area contributed by atoms with Gasteiger partial charge in [-0.25, -0.2) is 4.68 Å². The van der Waals surface area contributed by atoms with E-state index < -0.39 is 0 Å². The summed E-state index contributed by atoms with van der Waals surface area (Å²) < 4.78 is 6.60. The quantitative estimate of drug-likeness (QED) is 0.714. The molecule has 0 fully saturated rings. The Kier molecular flexibility index (Phi) is 4.46. The number of nitrogens with zero attached hydrogens (tertiary/aromatic N) is 3. The van der Waals surface area contributed by atoms with Crippen molar-refractivity contribution in [2.45, 2.75) is 39.7 Å². The molecule has 0 aliphatic carbocycles. The Morgan fingerprint density at radius 3 is 2.75 bits per heavy atom. The fraction of sp³-hybridized carbons (Fsp3) is 0.727. The molecule has 0 amide bonds. The van der Waals surface area contributed by atoms with Crippen LogP contribution < -0.4 is 0 Å². The maximum atomic E-state index is 11.7. The average molecular weight is 225 g/mol. The summed E-state index contributed by atoms with van der Waals surface area (Å²) in [5.74, 6) is -0.345. The molecule has 1 rings (SSSR count). The van der Waals surface area contributed by atoms with Gasteiger partial charge in [0.05, 0.1) is 19.0 Å². The van der Waals surface area contributed by atoms with Gasteiger partial charge in [0.1, 0.15) is 5.92 Å². The van der Waals surface area contributed by atoms with Crippen LogP contribution in [0.15, 0.2) is 6.20 Å². The zero-order valence-corrected chi connectivity index (χ0v) is 10.3. The summed E-state index contributed by atoms with van der Waals surface area (Å²) in [6.45, 7) is 6.82. The third-order valence-corrected chi connectivity index (χ3v) is 2.52. The number of aromatic nitrogens is 3. The standard InChI is InChI=1S/C11H19N3O2/c1-5-6-14-9(7-12-13-14)10(8(2)3)11(15)16-4/h7-8,10H,5-6H2,1-4H3. The predicted octanol–water partition coefficient (Wildman–Crippen LogP) is 1.60. The molecule has 0 bridgehead atoms. The van der Waals surface area contributed by atoms with Crippen molar-refractivity contribution in [3.05, 3.63) is 11.9 Å². The van der Waals surface area contributed by atoms with Crippen LogP contribution in [0.5, 0.6) is 0 Å². The van der Waals surface area contributed by atoms with Crippen molar-refractivity contribution in [1.82, 2.24) is 15.0 Å². The fourth-order valence-electron chi connectivity index (χ4n) is 1.75. The smallest absolute Gasteiger partial charge is 0.315 e. The molecular formula is C11H19N3O2. The Morgan fingerprint density at radius 2 is 2.25 bits per heavy atom. The van der Waals surface area contributed by atoms with Gasteiger partial charge in [0.15, 0.2) is 0 Å². The van der Waals surface area contributed by atoms with E-state index in [-0.39, 0.29) is 17.8 Å². The van der Waals surface area contributed by atoms with E-state index in [0.717, 1.165) is 18.7 Å². The molecule has 0 radical (unpaired) electrons. The molecule has 0 saturated carbocycles. The molecular weight excluding hydrogens is 206 g/mol. The topological polar surface area (TPSA) is 57.0 Å². The second kappa shape index (κ2) is 5.63. The van der Waals surface area contributed by atoms with Crippen molar-refractivity contribution in [3.63, 3.8) is 0 Å². The van der Waals surface area contributed by atoms with Gasteiger partial charge in [-0.05, 0) is 12.3 Å².